The summed E-state index contributed by atoms with van der Waals surface area (Å²) in [5, 5.41) is 14.6. The van der Waals surface area contributed by atoms with Crippen LogP contribution in [0.1, 0.15) is 33.1 Å². The first-order chi connectivity index (χ1) is 8.42. The van der Waals surface area contributed by atoms with Gasteiger partial charge in [-0.15, -0.1) is 0 Å². The summed E-state index contributed by atoms with van der Waals surface area (Å²) in [7, 11) is 0. The molecule has 1 rings (SSSR count). The Morgan fingerprint density at radius 3 is 2.56 bits per heavy atom. The van der Waals surface area contributed by atoms with Gasteiger partial charge in [0, 0.05) is 6.42 Å². The van der Waals surface area contributed by atoms with Crippen LogP contribution in [0.15, 0.2) is 0 Å². The molecule has 1 saturated heterocycles. The van der Waals surface area contributed by atoms with E-state index in [4.69, 9.17) is 9.84 Å². The number of ether oxygens (including phenoxy) is 1. The van der Waals surface area contributed by atoms with Crippen LogP contribution in [0, 0.1) is 0 Å². The number of aliphatic carboxylic acids is 1. The molecule has 1 aliphatic rings. The van der Waals surface area contributed by atoms with Gasteiger partial charge in [-0.1, -0.05) is 0 Å². The second-order valence-corrected chi connectivity index (χ2v) is 5.05. The Labute approximate surface area is 107 Å². The number of nitrogens with one attached hydrogen (secondary N) is 2. The van der Waals surface area contributed by atoms with Crippen LogP contribution in [-0.2, 0) is 14.3 Å². The fourth-order valence-corrected chi connectivity index (χ4v) is 1.74. The van der Waals surface area contributed by atoms with Crippen molar-refractivity contribution in [2.45, 2.75) is 44.8 Å². The van der Waals surface area contributed by atoms with Crippen LogP contribution >= 0.6 is 0 Å². The van der Waals surface area contributed by atoms with Crippen molar-refractivity contribution in [2.24, 2.45) is 0 Å². The third-order valence-corrected chi connectivity index (χ3v) is 2.96. The van der Waals surface area contributed by atoms with E-state index in [1.165, 1.54) is 13.8 Å². The maximum absolute atomic E-state index is 11.5. The molecule has 6 nitrogen and oxygen atoms in total. The lowest BCUT2D eigenvalue weighted by atomic mass is 10.1. The van der Waals surface area contributed by atoms with E-state index in [0.29, 0.717) is 6.61 Å². The topological polar surface area (TPSA) is 87.7 Å². The second-order valence-electron chi connectivity index (χ2n) is 5.05. The van der Waals surface area contributed by atoms with Gasteiger partial charge < -0.3 is 20.5 Å². The average Bonchev–Trinajstić information content (AvgIpc) is 2.29. The Morgan fingerprint density at radius 1 is 1.39 bits per heavy atom. The summed E-state index contributed by atoms with van der Waals surface area (Å²) >= 11 is 0. The number of hydrogen-bond acceptors (Lipinski definition) is 4. The van der Waals surface area contributed by atoms with Crippen molar-refractivity contribution < 1.29 is 19.4 Å². The van der Waals surface area contributed by atoms with Gasteiger partial charge in [-0.2, -0.15) is 0 Å². The zero-order valence-electron chi connectivity index (χ0n) is 11.0. The van der Waals surface area contributed by atoms with E-state index in [0.717, 1.165) is 25.9 Å². The lowest BCUT2D eigenvalue weighted by Crippen LogP contribution is -2.49. The van der Waals surface area contributed by atoms with Gasteiger partial charge >= 0.3 is 5.97 Å². The molecule has 0 spiro atoms. The number of hydrogen-bond donors (Lipinski definition) is 3. The number of carboxylic acid groups (broad SMARTS) is 1. The van der Waals surface area contributed by atoms with E-state index in [1.54, 1.807) is 0 Å². The van der Waals surface area contributed by atoms with Crippen LogP contribution in [-0.4, -0.2) is 48.3 Å². The van der Waals surface area contributed by atoms with Gasteiger partial charge in [-0.25, -0.2) is 4.79 Å². The van der Waals surface area contributed by atoms with Crippen molar-refractivity contribution in [3.63, 3.8) is 0 Å². The highest BCUT2D eigenvalue weighted by atomic mass is 16.5. The van der Waals surface area contributed by atoms with Crippen LogP contribution in [0.5, 0.6) is 0 Å². The summed E-state index contributed by atoms with van der Waals surface area (Å²) in [6.45, 7) is 5.15. The summed E-state index contributed by atoms with van der Waals surface area (Å²) in [4.78, 5) is 22.4. The summed E-state index contributed by atoms with van der Waals surface area (Å²) < 4.78 is 5.58. The van der Waals surface area contributed by atoms with Crippen LogP contribution in [0.25, 0.3) is 0 Å². The van der Waals surface area contributed by atoms with Gasteiger partial charge in [0.25, 0.3) is 0 Å². The molecule has 0 radical (unpaired) electrons. The van der Waals surface area contributed by atoms with E-state index < -0.39 is 11.5 Å². The minimum absolute atomic E-state index is 0.195. The Kier molecular flexibility index (Phi) is 5.55. The molecule has 0 bridgehead atoms. The molecule has 0 saturated carbocycles. The maximum atomic E-state index is 11.5. The molecule has 104 valence electrons. The summed E-state index contributed by atoms with van der Waals surface area (Å²) in [5.41, 5.74) is -1.23. The predicted molar refractivity (Wildman–Crippen MR) is 66.3 cm³/mol. The highest BCUT2D eigenvalue weighted by Gasteiger charge is 2.28. The molecule has 1 fully saturated rings. The number of amides is 1. The molecule has 0 aromatic heterocycles. The molecule has 0 unspecified atom stereocenters. The van der Waals surface area contributed by atoms with Crippen molar-refractivity contribution in [1.29, 1.82) is 0 Å². The summed E-state index contributed by atoms with van der Waals surface area (Å²) in [6, 6.07) is 0. The Balaban J connectivity index is 2.18. The second kappa shape index (κ2) is 6.70. The molecule has 1 aliphatic heterocycles. The molecule has 0 aliphatic carbocycles. The monoisotopic (exact) mass is 258 g/mol. The van der Waals surface area contributed by atoms with Crippen molar-refractivity contribution in [3.8, 4) is 0 Å². The quantitative estimate of drug-likeness (QED) is 0.630. The summed E-state index contributed by atoms with van der Waals surface area (Å²) in [5.74, 6) is -1.34. The number of carbonyl (C=O) groups excluding carboxylic acids is 1. The largest absolute Gasteiger partial charge is 0.480 e. The minimum Gasteiger partial charge on any atom is -0.480 e. The third kappa shape index (κ3) is 5.01. The number of piperidine rings is 1. The minimum atomic E-state index is -1.23. The Hall–Kier alpha value is -1.14. The van der Waals surface area contributed by atoms with Gasteiger partial charge in [0.2, 0.25) is 5.91 Å². The Bertz CT molecular complexity index is 298. The van der Waals surface area contributed by atoms with Gasteiger partial charge in [0.05, 0.1) is 12.7 Å². The predicted octanol–water partition coefficient (Wildman–Crippen LogP) is 0.125. The van der Waals surface area contributed by atoms with Crippen LogP contribution < -0.4 is 10.6 Å². The van der Waals surface area contributed by atoms with E-state index >= 15 is 0 Å². The zero-order chi connectivity index (χ0) is 13.6. The van der Waals surface area contributed by atoms with Gasteiger partial charge in [0.1, 0.15) is 5.54 Å². The molecule has 0 atom stereocenters. The Morgan fingerprint density at radius 2 is 2.00 bits per heavy atom. The molecule has 0 aromatic rings. The van der Waals surface area contributed by atoms with Gasteiger partial charge in [-0.3, -0.25) is 4.79 Å². The normalized spacial score (nSPS) is 17.4. The van der Waals surface area contributed by atoms with Crippen molar-refractivity contribution >= 4 is 11.9 Å². The molecule has 0 aromatic carbocycles. The van der Waals surface area contributed by atoms with Crippen LogP contribution in [0.3, 0.4) is 0 Å². The first-order valence-electron chi connectivity index (χ1n) is 6.28. The maximum Gasteiger partial charge on any atom is 0.328 e. The van der Waals surface area contributed by atoms with Crippen molar-refractivity contribution in [2.75, 3.05) is 19.7 Å². The molecular weight excluding hydrogens is 236 g/mol. The van der Waals surface area contributed by atoms with Crippen LogP contribution in [0.2, 0.25) is 0 Å². The van der Waals surface area contributed by atoms with Gasteiger partial charge in [-0.05, 0) is 39.8 Å². The number of carboxylic acids is 1. The van der Waals surface area contributed by atoms with E-state index in [9.17, 15) is 9.59 Å². The molecule has 3 N–H and O–H groups in total. The number of carbonyl (C=O) groups is 2. The van der Waals surface area contributed by atoms with E-state index in [2.05, 4.69) is 10.6 Å². The first kappa shape index (κ1) is 14.9. The lowest BCUT2D eigenvalue weighted by molar-refractivity contribution is -0.146. The highest BCUT2D eigenvalue weighted by molar-refractivity contribution is 5.86. The SMILES string of the molecule is CC(C)(NC(=O)CCOC1CCNCC1)C(=O)O. The smallest absolute Gasteiger partial charge is 0.328 e. The molecule has 18 heavy (non-hydrogen) atoms. The fraction of sp³-hybridized carbons (Fsp3) is 0.833. The van der Waals surface area contributed by atoms with E-state index in [1.807, 2.05) is 0 Å². The third-order valence-electron chi connectivity index (χ3n) is 2.96. The lowest BCUT2D eigenvalue weighted by Gasteiger charge is -2.24. The molecular formula is C12H22N2O4. The summed E-state index contributed by atoms with van der Waals surface area (Å²) in [6.07, 6.45) is 2.33. The molecule has 6 heteroatoms. The van der Waals surface area contributed by atoms with E-state index in [-0.39, 0.29) is 18.4 Å². The average molecular weight is 258 g/mol. The number of rotatable bonds is 6. The first-order valence-corrected chi connectivity index (χ1v) is 6.28. The van der Waals surface area contributed by atoms with Crippen molar-refractivity contribution in [3.05, 3.63) is 0 Å². The standard InChI is InChI=1S/C12H22N2O4/c1-12(2,11(16)17)14-10(15)5-8-18-9-3-6-13-7-4-9/h9,13H,3-8H2,1-2H3,(H,14,15)(H,16,17). The van der Waals surface area contributed by atoms with Crippen LogP contribution in [0.4, 0.5) is 0 Å². The zero-order valence-corrected chi connectivity index (χ0v) is 11.0. The molecule has 1 amide bonds. The van der Waals surface area contributed by atoms with Gasteiger partial charge in [0.15, 0.2) is 0 Å². The highest BCUT2D eigenvalue weighted by Crippen LogP contribution is 2.08. The fourth-order valence-electron chi connectivity index (χ4n) is 1.74. The van der Waals surface area contributed by atoms with Crippen molar-refractivity contribution in [1.82, 2.24) is 10.6 Å². The molecule has 1 heterocycles.